The second-order valence-electron chi connectivity index (χ2n) is 4.69. The highest BCUT2D eigenvalue weighted by Gasteiger charge is 2.08. The predicted octanol–water partition coefficient (Wildman–Crippen LogP) is 1.71. The maximum Gasteiger partial charge on any atom is 0.182 e. The molecule has 7 heteroatoms. The van der Waals surface area contributed by atoms with Gasteiger partial charge in [0.25, 0.3) is 0 Å². The zero-order chi connectivity index (χ0) is 15.4. The Morgan fingerprint density at radius 2 is 1.95 bits per heavy atom. The summed E-state index contributed by atoms with van der Waals surface area (Å²) in [6, 6.07) is 14.0. The highest BCUT2D eigenvalue weighted by molar-refractivity contribution is 5.55. The van der Waals surface area contributed by atoms with Gasteiger partial charge < -0.3 is 15.6 Å². The number of ether oxygens (including phenoxy) is 1. The van der Waals surface area contributed by atoms with E-state index in [0.717, 1.165) is 5.56 Å². The van der Waals surface area contributed by atoms with Gasteiger partial charge in [-0.05, 0) is 46.8 Å². The van der Waals surface area contributed by atoms with Crippen LogP contribution in [0.25, 0.3) is 11.4 Å². The van der Waals surface area contributed by atoms with E-state index in [1.54, 1.807) is 41.1 Å². The van der Waals surface area contributed by atoms with Crippen molar-refractivity contribution < 1.29 is 9.84 Å². The van der Waals surface area contributed by atoms with E-state index in [4.69, 9.17) is 10.5 Å². The summed E-state index contributed by atoms with van der Waals surface area (Å²) in [4.78, 5) is 0. The first-order chi connectivity index (χ1) is 10.7. The second-order valence-corrected chi connectivity index (χ2v) is 4.69. The van der Waals surface area contributed by atoms with Crippen molar-refractivity contribution >= 4 is 5.69 Å². The highest BCUT2D eigenvalue weighted by atomic mass is 16.5. The first-order valence-corrected chi connectivity index (χ1v) is 6.76. The average Bonchev–Trinajstić information content (AvgIpc) is 2.97. The molecule has 0 fully saturated rings. The zero-order valence-corrected chi connectivity index (χ0v) is 11.8. The number of aromatic hydroxyl groups is 1. The number of nitrogens with zero attached hydrogens (tertiary/aromatic N) is 4. The van der Waals surface area contributed by atoms with Crippen LogP contribution in [0.5, 0.6) is 11.5 Å². The first kappa shape index (κ1) is 13.9. The molecule has 22 heavy (non-hydrogen) atoms. The highest BCUT2D eigenvalue weighted by Crippen LogP contribution is 2.19. The summed E-state index contributed by atoms with van der Waals surface area (Å²) in [7, 11) is 0. The number of hydrogen-bond acceptors (Lipinski definition) is 6. The van der Waals surface area contributed by atoms with Crippen LogP contribution in [-0.4, -0.2) is 31.9 Å². The minimum atomic E-state index is 0.202. The molecule has 112 valence electrons. The number of phenolic OH excluding ortho intramolecular Hbond substituents is 1. The molecule has 3 rings (SSSR count). The van der Waals surface area contributed by atoms with Crippen molar-refractivity contribution in [1.82, 2.24) is 20.2 Å². The van der Waals surface area contributed by atoms with Gasteiger partial charge in [0.1, 0.15) is 18.1 Å². The summed E-state index contributed by atoms with van der Waals surface area (Å²) in [5.41, 5.74) is 7.18. The van der Waals surface area contributed by atoms with Crippen molar-refractivity contribution in [3.05, 3.63) is 48.5 Å². The van der Waals surface area contributed by atoms with Crippen LogP contribution in [-0.2, 0) is 6.54 Å². The van der Waals surface area contributed by atoms with Crippen LogP contribution in [0.3, 0.4) is 0 Å². The third-order valence-corrected chi connectivity index (χ3v) is 3.09. The van der Waals surface area contributed by atoms with Crippen molar-refractivity contribution in [2.45, 2.75) is 6.54 Å². The largest absolute Gasteiger partial charge is 0.508 e. The lowest BCUT2D eigenvalue weighted by Gasteiger charge is -2.08. The van der Waals surface area contributed by atoms with Gasteiger partial charge >= 0.3 is 0 Å². The van der Waals surface area contributed by atoms with Gasteiger partial charge in [0.05, 0.1) is 6.54 Å². The number of hydrogen-bond donors (Lipinski definition) is 2. The van der Waals surface area contributed by atoms with E-state index in [1.807, 2.05) is 12.1 Å². The SMILES string of the molecule is Nc1cccc(OCCn2nnnc2-c2ccc(O)cc2)c1. The summed E-state index contributed by atoms with van der Waals surface area (Å²) in [6.07, 6.45) is 0. The fraction of sp³-hybridized carbons (Fsp3) is 0.133. The molecule has 0 aliphatic carbocycles. The first-order valence-electron chi connectivity index (χ1n) is 6.76. The molecule has 0 spiro atoms. The standard InChI is InChI=1S/C15H15N5O2/c16-12-2-1-3-14(10-12)22-9-8-20-15(17-18-19-20)11-4-6-13(21)7-5-11/h1-7,10,21H,8-9,16H2. The molecule has 0 saturated carbocycles. The minimum Gasteiger partial charge on any atom is -0.508 e. The topological polar surface area (TPSA) is 99.1 Å². The van der Waals surface area contributed by atoms with Gasteiger partial charge in [0.15, 0.2) is 5.82 Å². The monoisotopic (exact) mass is 297 g/mol. The lowest BCUT2D eigenvalue weighted by molar-refractivity contribution is 0.291. The normalized spacial score (nSPS) is 10.5. The van der Waals surface area contributed by atoms with Crippen LogP contribution < -0.4 is 10.5 Å². The fourth-order valence-corrected chi connectivity index (χ4v) is 2.03. The van der Waals surface area contributed by atoms with Gasteiger partial charge in [0.2, 0.25) is 0 Å². The predicted molar refractivity (Wildman–Crippen MR) is 81.3 cm³/mol. The van der Waals surface area contributed by atoms with Crippen molar-refractivity contribution in [3.8, 4) is 22.9 Å². The quantitative estimate of drug-likeness (QED) is 0.695. The molecule has 3 N–H and O–H groups in total. The Morgan fingerprint density at radius 3 is 2.73 bits per heavy atom. The van der Waals surface area contributed by atoms with Crippen molar-refractivity contribution in [3.63, 3.8) is 0 Å². The van der Waals surface area contributed by atoms with Crippen molar-refractivity contribution in [1.29, 1.82) is 0 Å². The maximum absolute atomic E-state index is 9.32. The second kappa shape index (κ2) is 6.13. The number of nitrogens with two attached hydrogens (primary N) is 1. The van der Waals surface area contributed by atoms with Crippen molar-refractivity contribution in [2.24, 2.45) is 0 Å². The summed E-state index contributed by atoms with van der Waals surface area (Å²) in [5, 5.41) is 21.0. The average molecular weight is 297 g/mol. The van der Waals surface area contributed by atoms with Gasteiger partial charge in [-0.3, -0.25) is 0 Å². The van der Waals surface area contributed by atoms with Crippen LogP contribution >= 0.6 is 0 Å². The van der Waals surface area contributed by atoms with Crippen molar-refractivity contribution in [2.75, 3.05) is 12.3 Å². The van der Waals surface area contributed by atoms with Gasteiger partial charge in [-0.1, -0.05) is 6.07 Å². The van der Waals surface area contributed by atoms with E-state index in [9.17, 15) is 5.11 Å². The number of benzene rings is 2. The number of rotatable bonds is 5. The summed E-state index contributed by atoms with van der Waals surface area (Å²) in [6.45, 7) is 0.914. The van der Waals surface area contributed by atoms with Crippen LogP contribution in [0.2, 0.25) is 0 Å². The van der Waals surface area contributed by atoms with Gasteiger partial charge in [-0.15, -0.1) is 5.10 Å². The number of nitrogen functional groups attached to an aromatic ring is 1. The summed E-state index contributed by atoms with van der Waals surface area (Å²) >= 11 is 0. The van der Waals surface area contributed by atoms with Gasteiger partial charge in [-0.2, -0.15) is 0 Å². The van der Waals surface area contributed by atoms with E-state index < -0.39 is 0 Å². The van der Waals surface area contributed by atoms with E-state index in [1.165, 1.54) is 0 Å². The lowest BCUT2D eigenvalue weighted by Crippen LogP contribution is -2.11. The molecule has 0 aliphatic heterocycles. The number of aromatic nitrogens is 4. The molecular weight excluding hydrogens is 282 g/mol. The summed E-state index contributed by atoms with van der Waals surface area (Å²) in [5.74, 6) is 1.53. The van der Waals surface area contributed by atoms with Gasteiger partial charge in [0, 0.05) is 17.3 Å². The van der Waals surface area contributed by atoms with Gasteiger partial charge in [-0.25, -0.2) is 4.68 Å². The smallest absolute Gasteiger partial charge is 0.182 e. The molecule has 0 amide bonds. The molecule has 1 aromatic heterocycles. The van der Waals surface area contributed by atoms with E-state index in [0.29, 0.717) is 30.4 Å². The minimum absolute atomic E-state index is 0.202. The van der Waals surface area contributed by atoms with Crippen LogP contribution in [0.4, 0.5) is 5.69 Å². The Balaban J connectivity index is 1.66. The third kappa shape index (κ3) is 3.14. The molecule has 0 aliphatic rings. The number of anilines is 1. The number of tetrazole rings is 1. The number of phenols is 1. The molecule has 3 aromatic rings. The molecule has 0 atom stereocenters. The molecule has 0 bridgehead atoms. The third-order valence-electron chi connectivity index (χ3n) is 3.09. The van der Waals surface area contributed by atoms with Crippen LogP contribution in [0.1, 0.15) is 0 Å². The van der Waals surface area contributed by atoms with Crippen LogP contribution in [0, 0.1) is 0 Å². The molecule has 0 unspecified atom stereocenters. The molecular formula is C15H15N5O2. The van der Waals surface area contributed by atoms with E-state index >= 15 is 0 Å². The maximum atomic E-state index is 9.32. The molecule has 0 saturated heterocycles. The Kier molecular flexibility index (Phi) is 3.86. The Hall–Kier alpha value is -3.09. The summed E-state index contributed by atoms with van der Waals surface area (Å²) < 4.78 is 7.29. The van der Waals surface area contributed by atoms with E-state index in [2.05, 4.69) is 15.5 Å². The van der Waals surface area contributed by atoms with E-state index in [-0.39, 0.29) is 5.75 Å². The fourth-order valence-electron chi connectivity index (χ4n) is 2.03. The molecule has 2 aromatic carbocycles. The zero-order valence-electron chi connectivity index (χ0n) is 11.8. The molecule has 7 nitrogen and oxygen atoms in total. The van der Waals surface area contributed by atoms with Crippen LogP contribution in [0.15, 0.2) is 48.5 Å². The molecule has 1 heterocycles. The Morgan fingerprint density at radius 1 is 1.14 bits per heavy atom. The molecule has 0 radical (unpaired) electrons. The Bertz CT molecular complexity index is 755. The Labute approximate surface area is 127 Å². The lowest BCUT2D eigenvalue weighted by atomic mass is 10.2.